The molecule has 1 heterocycles. The van der Waals surface area contributed by atoms with Gasteiger partial charge in [-0.15, -0.1) is 0 Å². The number of nitro groups is 1. The zero-order valence-electron chi connectivity index (χ0n) is 15.3. The van der Waals surface area contributed by atoms with Crippen LogP contribution >= 0.6 is 27.5 Å². The average Bonchev–Trinajstić information content (AvgIpc) is 3.04. The van der Waals surface area contributed by atoms with Gasteiger partial charge in [0.1, 0.15) is 11.5 Å². The number of hydrogen-bond acceptors (Lipinski definition) is 4. The summed E-state index contributed by atoms with van der Waals surface area (Å²) in [5, 5.41) is 11.3. The molecular formula is C22H13BrClN3O3. The summed E-state index contributed by atoms with van der Waals surface area (Å²) in [6, 6.07) is 20.4. The lowest BCUT2D eigenvalue weighted by Gasteiger charge is -2.19. The van der Waals surface area contributed by atoms with Crippen LogP contribution in [-0.4, -0.2) is 16.7 Å². The Bertz CT molecular complexity index is 1220. The fourth-order valence-corrected chi connectivity index (χ4v) is 3.65. The van der Waals surface area contributed by atoms with Gasteiger partial charge in [-0.2, -0.15) is 0 Å². The molecule has 6 nitrogen and oxygen atoms in total. The third-order valence-corrected chi connectivity index (χ3v) is 5.27. The normalized spacial score (nSPS) is 14.9. The lowest BCUT2D eigenvalue weighted by molar-refractivity contribution is -0.384. The minimum absolute atomic E-state index is 0.0223. The topological polar surface area (TPSA) is 75.8 Å². The molecule has 0 bridgehead atoms. The van der Waals surface area contributed by atoms with Crippen LogP contribution in [0.1, 0.15) is 11.1 Å². The van der Waals surface area contributed by atoms with Gasteiger partial charge in [-0.3, -0.25) is 19.8 Å². The SMILES string of the molecule is O=C1/C(=C\c2ccc([N+](=O)[O-])cc2)N=C(c2ccccc2Cl)N1c1cccc(Br)c1. The lowest BCUT2D eigenvalue weighted by atomic mass is 10.1. The second kappa shape index (κ2) is 8.22. The Labute approximate surface area is 185 Å². The maximum Gasteiger partial charge on any atom is 0.282 e. The molecule has 3 aromatic rings. The van der Waals surface area contributed by atoms with Crippen molar-refractivity contribution in [2.24, 2.45) is 4.99 Å². The van der Waals surface area contributed by atoms with Gasteiger partial charge in [0.2, 0.25) is 0 Å². The number of amides is 1. The van der Waals surface area contributed by atoms with Crippen LogP contribution in [0.3, 0.4) is 0 Å². The molecule has 0 aromatic heterocycles. The first kappa shape index (κ1) is 20.0. The summed E-state index contributed by atoms with van der Waals surface area (Å²) in [4.78, 5) is 29.7. The number of halogens is 2. The number of rotatable bonds is 4. The summed E-state index contributed by atoms with van der Waals surface area (Å²) >= 11 is 9.81. The van der Waals surface area contributed by atoms with E-state index in [4.69, 9.17) is 11.6 Å². The van der Waals surface area contributed by atoms with Crippen molar-refractivity contribution in [1.29, 1.82) is 0 Å². The molecule has 1 aliphatic heterocycles. The summed E-state index contributed by atoms with van der Waals surface area (Å²) in [5.74, 6) is 0.0956. The molecular weight excluding hydrogens is 470 g/mol. The molecule has 0 saturated carbocycles. The van der Waals surface area contributed by atoms with Crippen LogP contribution in [-0.2, 0) is 4.79 Å². The fourth-order valence-electron chi connectivity index (χ4n) is 3.04. The van der Waals surface area contributed by atoms with Crippen LogP contribution in [0.15, 0.2) is 88.0 Å². The van der Waals surface area contributed by atoms with E-state index in [9.17, 15) is 14.9 Å². The first-order valence-electron chi connectivity index (χ1n) is 8.84. The number of aliphatic imine (C=N–C) groups is 1. The molecule has 0 spiro atoms. The average molecular weight is 483 g/mol. The van der Waals surface area contributed by atoms with Gasteiger partial charge in [0.25, 0.3) is 11.6 Å². The van der Waals surface area contributed by atoms with E-state index < -0.39 is 4.92 Å². The zero-order chi connectivity index (χ0) is 21.3. The van der Waals surface area contributed by atoms with Gasteiger partial charge >= 0.3 is 0 Å². The number of benzene rings is 3. The Kier molecular flexibility index (Phi) is 5.48. The molecule has 148 valence electrons. The number of nitrogens with zero attached hydrogens (tertiary/aromatic N) is 3. The van der Waals surface area contributed by atoms with Gasteiger partial charge in [0.05, 0.1) is 15.6 Å². The summed E-state index contributed by atoms with van der Waals surface area (Å²) in [5.41, 5.74) is 2.08. The highest BCUT2D eigenvalue weighted by molar-refractivity contribution is 9.10. The monoisotopic (exact) mass is 481 g/mol. The standard InChI is InChI=1S/C22H13BrClN3O3/c23-15-4-3-5-17(13-15)26-21(18-6-1-2-7-19(18)24)25-20(22(26)28)12-14-8-10-16(11-9-14)27(29)30/h1-13H/b20-12+. The largest absolute Gasteiger partial charge is 0.282 e. The molecule has 1 amide bonds. The Hall–Kier alpha value is -3.29. The number of amidine groups is 1. The van der Waals surface area contributed by atoms with Crippen LogP contribution in [0.25, 0.3) is 6.08 Å². The number of anilines is 1. The first-order chi connectivity index (χ1) is 14.4. The lowest BCUT2D eigenvalue weighted by Crippen LogP contribution is -2.32. The molecule has 0 radical (unpaired) electrons. The van der Waals surface area contributed by atoms with Gasteiger partial charge < -0.3 is 0 Å². The van der Waals surface area contributed by atoms with Crippen LogP contribution < -0.4 is 4.90 Å². The van der Waals surface area contributed by atoms with Crippen LogP contribution in [0.5, 0.6) is 0 Å². The highest BCUT2D eigenvalue weighted by Gasteiger charge is 2.33. The van der Waals surface area contributed by atoms with E-state index in [2.05, 4.69) is 20.9 Å². The Morgan fingerprint density at radius 2 is 1.77 bits per heavy atom. The zero-order valence-corrected chi connectivity index (χ0v) is 17.7. The predicted molar refractivity (Wildman–Crippen MR) is 121 cm³/mol. The maximum atomic E-state index is 13.3. The summed E-state index contributed by atoms with van der Waals surface area (Å²) < 4.78 is 0.819. The van der Waals surface area contributed by atoms with Crippen molar-refractivity contribution in [2.45, 2.75) is 0 Å². The minimum Gasteiger partial charge on any atom is -0.266 e. The summed E-state index contributed by atoms with van der Waals surface area (Å²) in [7, 11) is 0. The Balaban J connectivity index is 1.82. The van der Waals surface area contributed by atoms with Gasteiger partial charge in [-0.05, 0) is 54.1 Å². The quantitative estimate of drug-likeness (QED) is 0.266. The van der Waals surface area contributed by atoms with Crippen molar-refractivity contribution in [2.75, 3.05) is 4.90 Å². The van der Waals surface area contributed by atoms with Crippen molar-refractivity contribution in [1.82, 2.24) is 0 Å². The maximum absolute atomic E-state index is 13.3. The van der Waals surface area contributed by atoms with Crippen LogP contribution in [0.2, 0.25) is 5.02 Å². The highest BCUT2D eigenvalue weighted by Crippen LogP contribution is 2.31. The number of carbonyl (C=O) groups excluding carboxylic acids is 1. The third-order valence-electron chi connectivity index (χ3n) is 4.45. The van der Waals surface area contributed by atoms with E-state index in [0.717, 1.165) is 4.47 Å². The molecule has 0 N–H and O–H groups in total. The van der Waals surface area contributed by atoms with Crippen molar-refractivity contribution >= 4 is 56.7 Å². The molecule has 0 aliphatic carbocycles. The number of nitro benzene ring substituents is 1. The molecule has 0 unspecified atom stereocenters. The van der Waals surface area contributed by atoms with E-state index in [1.807, 2.05) is 30.3 Å². The number of non-ortho nitro benzene ring substituents is 1. The van der Waals surface area contributed by atoms with Crippen molar-refractivity contribution in [3.05, 3.63) is 109 Å². The predicted octanol–water partition coefficient (Wildman–Crippen LogP) is 5.85. The molecule has 0 saturated heterocycles. The van der Waals surface area contributed by atoms with Crippen LogP contribution in [0, 0.1) is 10.1 Å². The first-order valence-corrected chi connectivity index (χ1v) is 10.0. The fraction of sp³-hybridized carbons (Fsp3) is 0. The smallest absolute Gasteiger partial charge is 0.266 e. The molecule has 4 rings (SSSR count). The van der Waals surface area contributed by atoms with Gasteiger partial charge in [-0.25, -0.2) is 4.99 Å². The molecule has 0 atom stereocenters. The van der Waals surface area contributed by atoms with Crippen molar-refractivity contribution in [3.63, 3.8) is 0 Å². The van der Waals surface area contributed by atoms with Gasteiger partial charge in [0.15, 0.2) is 0 Å². The van der Waals surface area contributed by atoms with Crippen molar-refractivity contribution < 1.29 is 9.72 Å². The Morgan fingerprint density at radius 1 is 1.03 bits per heavy atom. The summed E-state index contributed by atoms with van der Waals surface area (Å²) in [6.45, 7) is 0. The molecule has 3 aromatic carbocycles. The third kappa shape index (κ3) is 3.90. The Morgan fingerprint density at radius 3 is 2.43 bits per heavy atom. The molecule has 8 heteroatoms. The molecule has 0 fully saturated rings. The number of carbonyl (C=O) groups is 1. The van der Waals surface area contributed by atoms with Crippen molar-refractivity contribution in [3.8, 4) is 0 Å². The minimum atomic E-state index is -0.472. The second-order valence-electron chi connectivity index (χ2n) is 6.41. The molecule has 30 heavy (non-hydrogen) atoms. The van der Waals surface area contributed by atoms with E-state index >= 15 is 0 Å². The van der Waals surface area contributed by atoms with Crippen LogP contribution in [0.4, 0.5) is 11.4 Å². The van der Waals surface area contributed by atoms with E-state index in [1.165, 1.54) is 17.0 Å². The summed E-state index contributed by atoms with van der Waals surface area (Å²) in [6.07, 6.45) is 1.60. The van der Waals surface area contributed by atoms with E-state index in [1.54, 1.807) is 36.4 Å². The molecule has 1 aliphatic rings. The van der Waals surface area contributed by atoms with Gasteiger partial charge in [0, 0.05) is 22.2 Å². The second-order valence-corrected chi connectivity index (χ2v) is 7.74. The van der Waals surface area contributed by atoms with E-state index in [-0.39, 0.29) is 17.3 Å². The van der Waals surface area contributed by atoms with Gasteiger partial charge in [-0.1, -0.05) is 45.7 Å². The number of hydrogen-bond donors (Lipinski definition) is 0. The van der Waals surface area contributed by atoms with E-state index in [0.29, 0.717) is 27.7 Å². The highest BCUT2D eigenvalue weighted by atomic mass is 79.9.